The highest BCUT2D eigenvalue weighted by Gasteiger charge is 2.31. The summed E-state index contributed by atoms with van der Waals surface area (Å²) in [5.41, 5.74) is 7.17. The Kier molecular flexibility index (Phi) is 8.15. The lowest BCUT2D eigenvalue weighted by atomic mass is 9.82. The Bertz CT molecular complexity index is 1690. The summed E-state index contributed by atoms with van der Waals surface area (Å²) in [6, 6.07) is 9.24. The molecule has 0 atom stereocenters. The van der Waals surface area contributed by atoms with Gasteiger partial charge in [0.25, 0.3) is 0 Å². The van der Waals surface area contributed by atoms with E-state index >= 15 is 0 Å². The van der Waals surface area contributed by atoms with Gasteiger partial charge in [-0.15, -0.1) is 0 Å². The van der Waals surface area contributed by atoms with Crippen LogP contribution in [0.3, 0.4) is 0 Å². The second kappa shape index (κ2) is 11.5. The topological polar surface area (TPSA) is 153 Å². The maximum Gasteiger partial charge on any atom is 0.185 e. The lowest BCUT2D eigenvalue weighted by Crippen LogP contribution is -2.29. The molecule has 4 heterocycles. The first-order valence-electron chi connectivity index (χ1n) is 14.0. The number of benzene rings is 2. The number of hydrogen-bond donors (Lipinski definition) is 3. The molecule has 4 aromatic rings. The normalized spacial score (nSPS) is 16.0. The number of hydrazine groups is 1. The molecule has 11 heteroatoms. The summed E-state index contributed by atoms with van der Waals surface area (Å²) in [5.74, 6) is 9.87. The molecule has 0 radical (unpaired) electrons. The average Bonchev–Trinajstić information content (AvgIpc) is 3.61. The van der Waals surface area contributed by atoms with Crippen molar-refractivity contribution in [2.24, 2.45) is 11.7 Å². The fourth-order valence-electron chi connectivity index (χ4n) is 6.13. The standard InChI is InChI=1S/C30H35N5O3S.H4N2/c1-17(2)39(36,37)24-9-7-6-8-21(24)27-26-19(4)33-34-30(26)32-29(31-27)23-16-18(3)25(22-12-15-38-28(22)23)20-10-13-35(5)14-11-20;1-2/h6-9,16-17,20H,10-15H2,1-5H3,(H,31,32,33,34);1-2H2. The Balaban J connectivity index is 0.00000165. The van der Waals surface area contributed by atoms with E-state index in [1.807, 2.05) is 19.1 Å². The number of likely N-dealkylation sites (tertiary alicyclic amines) is 1. The fraction of sp³-hybridized carbons (Fsp3) is 0.433. The van der Waals surface area contributed by atoms with Crippen molar-refractivity contribution in [1.29, 1.82) is 0 Å². The molecule has 0 amide bonds. The molecule has 2 aliphatic rings. The van der Waals surface area contributed by atoms with Gasteiger partial charge < -0.3 is 9.64 Å². The van der Waals surface area contributed by atoms with Gasteiger partial charge in [-0.1, -0.05) is 18.2 Å². The minimum absolute atomic E-state index is 0.266. The van der Waals surface area contributed by atoms with Crippen molar-refractivity contribution in [1.82, 2.24) is 25.1 Å². The number of aryl methyl sites for hydroxylation is 2. The lowest BCUT2D eigenvalue weighted by Gasteiger charge is -2.31. The van der Waals surface area contributed by atoms with Crippen LogP contribution in [0.25, 0.3) is 33.7 Å². The summed E-state index contributed by atoms with van der Waals surface area (Å²) in [6.07, 6.45) is 3.16. The minimum Gasteiger partial charge on any atom is -0.492 e. The van der Waals surface area contributed by atoms with Crippen molar-refractivity contribution in [3.8, 4) is 28.4 Å². The van der Waals surface area contributed by atoms with Gasteiger partial charge >= 0.3 is 0 Å². The van der Waals surface area contributed by atoms with Crippen LogP contribution in [0.4, 0.5) is 0 Å². The van der Waals surface area contributed by atoms with Crippen LogP contribution in [0.15, 0.2) is 35.2 Å². The third-order valence-corrected chi connectivity index (χ3v) is 10.5. The van der Waals surface area contributed by atoms with E-state index in [0.717, 1.165) is 54.7 Å². The summed E-state index contributed by atoms with van der Waals surface area (Å²) < 4.78 is 33.0. The maximum absolute atomic E-state index is 13.4. The third kappa shape index (κ3) is 5.12. The highest BCUT2D eigenvalue weighted by molar-refractivity contribution is 7.92. The van der Waals surface area contributed by atoms with Crippen molar-refractivity contribution in [3.05, 3.63) is 52.7 Å². The minimum atomic E-state index is -3.56. The molecule has 5 N–H and O–H groups in total. The van der Waals surface area contributed by atoms with Gasteiger partial charge in [0.1, 0.15) is 5.75 Å². The molecule has 2 aromatic heterocycles. The number of aromatic amines is 1. The quantitative estimate of drug-likeness (QED) is 0.235. The molecule has 0 unspecified atom stereocenters. The zero-order valence-corrected chi connectivity index (χ0v) is 25.2. The summed E-state index contributed by atoms with van der Waals surface area (Å²) in [4.78, 5) is 12.6. The molecule has 1 saturated heterocycles. The van der Waals surface area contributed by atoms with E-state index in [0.29, 0.717) is 35.3 Å². The van der Waals surface area contributed by atoms with E-state index in [-0.39, 0.29) is 4.90 Å². The summed E-state index contributed by atoms with van der Waals surface area (Å²) in [6.45, 7) is 10.3. The molecular formula is C30H39N7O3S. The molecule has 41 heavy (non-hydrogen) atoms. The molecule has 10 nitrogen and oxygen atoms in total. The van der Waals surface area contributed by atoms with Crippen LogP contribution in [-0.2, 0) is 16.3 Å². The van der Waals surface area contributed by atoms with Gasteiger partial charge in [-0.25, -0.2) is 18.4 Å². The number of ether oxygens (including phenoxy) is 1. The number of rotatable bonds is 5. The molecule has 0 aliphatic carbocycles. The van der Waals surface area contributed by atoms with Crippen molar-refractivity contribution in [2.45, 2.75) is 63.0 Å². The number of H-pyrrole nitrogens is 1. The molecule has 1 fully saturated rings. The van der Waals surface area contributed by atoms with Crippen LogP contribution in [0.5, 0.6) is 5.75 Å². The van der Waals surface area contributed by atoms with Crippen molar-refractivity contribution < 1.29 is 13.2 Å². The molecule has 0 saturated carbocycles. The maximum atomic E-state index is 13.4. The van der Waals surface area contributed by atoms with Crippen LogP contribution in [0.2, 0.25) is 0 Å². The molecular weight excluding hydrogens is 538 g/mol. The molecule has 6 rings (SSSR count). The van der Waals surface area contributed by atoms with E-state index in [9.17, 15) is 8.42 Å². The van der Waals surface area contributed by atoms with Crippen LogP contribution in [0, 0.1) is 13.8 Å². The first-order valence-corrected chi connectivity index (χ1v) is 15.6. The first kappa shape index (κ1) is 29.1. The van der Waals surface area contributed by atoms with Gasteiger partial charge in [-0.05, 0) is 89.9 Å². The van der Waals surface area contributed by atoms with E-state index in [1.165, 1.54) is 16.7 Å². The number of aromatic nitrogens is 4. The molecule has 218 valence electrons. The van der Waals surface area contributed by atoms with Crippen molar-refractivity contribution in [3.63, 3.8) is 0 Å². The number of nitrogens with one attached hydrogen (secondary N) is 1. The summed E-state index contributed by atoms with van der Waals surface area (Å²) >= 11 is 0. The van der Waals surface area contributed by atoms with E-state index in [1.54, 1.807) is 26.0 Å². The zero-order chi connectivity index (χ0) is 29.5. The predicted octanol–water partition coefficient (Wildman–Crippen LogP) is 4.05. The Morgan fingerprint density at radius 1 is 1.07 bits per heavy atom. The number of piperidine rings is 1. The van der Waals surface area contributed by atoms with Crippen molar-refractivity contribution in [2.75, 3.05) is 26.7 Å². The van der Waals surface area contributed by atoms with E-state index < -0.39 is 15.1 Å². The average molecular weight is 578 g/mol. The summed E-state index contributed by atoms with van der Waals surface area (Å²) in [7, 11) is -1.37. The van der Waals surface area contributed by atoms with Gasteiger partial charge in [0.15, 0.2) is 21.3 Å². The Morgan fingerprint density at radius 3 is 2.49 bits per heavy atom. The van der Waals surface area contributed by atoms with Gasteiger partial charge in [-0.2, -0.15) is 5.10 Å². The predicted molar refractivity (Wildman–Crippen MR) is 161 cm³/mol. The fourth-order valence-corrected chi connectivity index (χ4v) is 7.38. The van der Waals surface area contributed by atoms with Crippen LogP contribution >= 0.6 is 0 Å². The highest BCUT2D eigenvalue weighted by atomic mass is 32.2. The number of sulfone groups is 1. The number of nitrogens with two attached hydrogens (primary N) is 2. The van der Waals surface area contributed by atoms with Crippen LogP contribution in [0.1, 0.15) is 55.0 Å². The number of nitrogens with zero attached hydrogens (tertiary/aromatic N) is 4. The molecule has 0 spiro atoms. The molecule has 2 aromatic carbocycles. The molecule has 0 bridgehead atoms. The Labute approximate surface area is 241 Å². The van der Waals surface area contributed by atoms with Gasteiger partial charge in [0.05, 0.1) is 33.4 Å². The summed E-state index contributed by atoms with van der Waals surface area (Å²) in [5, 5.41) is 7.65. The first-order chi connectivity index (χ1) is 19.7. The van der Waals surface area contributed by atoms with E-state index in [4.69, 9.17) is 14.7 Å². The Morgan fingerprint density at radius 2 is 1.78 bits per heavy atom. The van der Waals surface area contributed by atoms with Gasteiger partial charge in [-0.3, -0.25) is 16.8 Å². The second-order valence-corrected chi connectivity index (χ2v) is 13.6. The largest absolute Gasteiger partial charge is 0.492 e. The zero-order valence-electron chi connectivity index (χ0n) is 24.4. The smallest absolute Gasteiger partial charge is 0.185 e. The van der Waals surface area contributed by atoms with Gasteiger partial charge in [0.2, 0.25) is 0 Å². The van der Waals surface area contributed by atoms with Crippen LogP contribution in [-0.4, -0.2) is 65.5 Å². The van der Waals surface area contributed by atoms with E-state index in [2.05, 4.69) is 46.8 Å². The third-order valence-electron chi connectivity index (χ3n) is 8.26. The highest BCUT2D eigenvalue weighted by Crippen LogP contribution is 2.45. The Hall–Kier alpha value is -3.38. The van der Waals surface area contributed by atoms with Crippen LogP contribution < -0.4 is 16.4 Å². The van der Waals surface area contributed by atoms with Gasteiger partial charge in [0, 0.05) is 23.2 Å². The lowest BCUT2D eigenvalue weighted by molar-refractivity contribution is 0.254. The monoisotopic (exact) mass is 577 g/mol. The second-order valence-electron chi connectivity index (χ2n) is 11.2. The van der Waals surface area contributed by atoms with Crippen molar-refractivity contribution >= 4 is 20.9 Å². The number of fused-ring (bicyclic) bond motifs is 2. The number of hydrogen-bond acceptors (Lipinski definition) is 9. The molecule has 2 aliphatic heterocycles. The SMILES string of the molecule is Cc1cc(-c2nc(-c3ccccc3S(=O)(=O)C(C)C)c3c(C)[nH]nc3n2)c2c(c1C1CCN(C)CC1)CCO2.NN.